The van der Waals surface area contributed by atoms with Crippen LogP contribution in [-0.2, 0) is 38.4 Å². The Balaban J connectivity index is 2.05. The predicted molar refractivity (Wildman–Crippen MR) is 225 cm³/mol. The number of carbonyl (C=O) groups is 8. The van der Waals surface area contributed by atoms with Gasteiger partial charge < -0.3 is 42.1 Å². The Morgan fingerprint density at radius 2 is 1.58 bits per heavy atom. The number of imide groups is 1. The lowest BCUT2D eigenvalue weighted by Crippen LogP contribution is -2.61. The minimum Gasteiger partial charge on any atom is -0.480 e. The van der Waals surface area contributed by atoms with Gasteiger partial charge in [-0.1, -0.05) is 73.8 Å². The molecular formula is C41H69N7O10S. The van der Waals surface area contributed by atoms with E-state index in [4.69, 9.17) is 10.8 Å². The number of amides is 6. The topological polar surface area (TPSA) is 258 Å². The van der Waals surface area contributed by atoms with Crippen molar-refractivity contribution >= 4 is 59.1 Å². The van der Waals surface area contributed by atoms with Gasteiger partial charge in [0.05, 0.1) is 17.3 Å². The molecule has 2 fully saturated rings. The van der Waals surface area contributed by atoms with Crippen LogP contribution in [0.2, 0.25) is 0 Å². The highest BCUT2D eigenvalue weighted by atomic mass is 32.2. The maximum Gasteiger partial charge on any atom is 0.326 e. The first kappa shape index (κ1) is 51.1. The van der Waals surface area contributed by atoms with Crippen molar-refractivity contribution in [1.82, 2.24) is 31.1 Å². The van der Waals surface area contributed by atoms with Gasteiger partial charge in [-0.05, 0) is 55.9 Å². The second kappa shape index (κ2) is 22.5. The third-order valence-corrected chi connectivity index (χ3v) is 12.8. The van der Waals surface area contributed by atoms with Gasteiger partial charge in [0, 0.05) is 44.3 Å². The predicted octanol–water partition coefficient (Wildman–Crippen LogP) is 1.88. The molecule has 2 rings (SSSR count). The smallest absolute Gasteiger partial charge is 0.326 e. The number of hydrogen-bond donors (Lipinski definition) is 7. The van der Waals surface area contributed by atoms with Gasteiger partial charge in [0.15, 0.2) is 0 Å². The van der Waals surface area contributed by atoms with Gasteiger partial charge in [0.1, 0.15) is 18.1 Å². The minimum atomic E-state index is -1.43. The summed E-state index contributed by atoms with van der Waals surface area (Å²) in [6, 6.07) is -4.64. The second-order valence-electron chi connectivity index (χ2n) is 17.8. The summed E-state index contributed by atoms with van der Waals surface area (Å²) < 4.78 is 0. The van der Waals surface area contributed by atoms with E-state index in [0.29, 0.717) is 5.92 Å². The van der Waals surface area contributed by atoms with Crippen molar-refractivity contribution in [3.63, 3.8) is 0 Å². The van der Waals surface area contributed by atoms with Crippen LogP contribution in [0, 0.1) is 22.7 Å². The largest absolute Gasteiger partial charge is 0.480 e. The fourth-order valence-corrected chi connectivity index (χ4v) is 8.85. The number of aliphatic carboxylic acids is 2. The first-order chi connectivity index (χ1) is 27.3. The third kappa shape index (κ3) is 14.6. The fourth-order valence-electron chi connectivity index (χ4n) is 7.74. The Bertz CT molecular complexity index is 1570. The maximum atomic E-state index is 14.3. The lowest BCUT2D eigenvalue weighted by molar-refractivity contribution is -0.142. The van der Waals surface area contributed by atoms with Crippen LogP contribution in [0.15, 0.2) is 11.6 Å². The van der Waals surface area contributed by atoms with Gasteiger partial charge in [-0.2, -0.15) is 0 Å². The van der Waals surface area contributed by atoms with Gasteiger partial charge >= 0.3 is 11.9 Å². The highest BCUT2D eigenvalue weighted by Gasteiger charge is 2.44. The van der Waals surface area contributed by atoms with Crippen molar-refractivity contribution in [2.75, 3.05) is 32.9 Å². The molecule has 17 nitrogen and oxygen atoms in total. The molecule has 8 N–H and O–H groups in total. The SMILES string of the molecule is CN[C@H](C(=O)NC(C(=O)N(C)[C@H](/C=C(\C)C(=O)N[C@H](CCC(=O)NCCN1C(=O)CC(SC[C@H](N)C(=O)O)C1=O)C(=O)O)C(C)C)C(C)(C)C)C(C)(C)C1CCCCC1. The zero-order valence-electron chi connectivity index (χ0n) is 36.5. The van der Waals surface area contributed by atoms with Crippen LogP contribution < -0.4 is 27.0 Å². The lowest BCUT2D eigenvalue weighted by atomic mass is 9.66. The van der Waals surface area contributed by atoms with E-state index in [1.54, 1.807) is 20.2 Å². The molecule has 18 heteroatoms. The summed E-state index contributed by atoms with van der Waals surface area (Å²) >= 11 is 0.980. The number of nitrogens with one attached hydrogen (secondary N) is 4. The molecule has 2 aliphatic rings. The zero-order chi connectivity index (χ0) is 45.0. The van der Waals surface area contributed by atoms with Gasteiger partial charge in [-0.3, -0.25) is 38.5 Å². The maximum absolute atomic E-state index is 14.3. The number of nitrogens with zero attached hydrogens (tertiary/aromatic N) is 2. The minimum absolute atomic E-state index is 0.0508. The Labute approximate surface area is 353 Å². The quantitative estimate of drug-likeness (QED) is 0.0608. The lowest BCUT2D eigenvalue weighted by Gasteiger charge is -2.43. The van der Waals surface area contributed by atoms with Crippen molar-refractivity contribution in [1.29, 1.82) is 0 Å². The summed E-state index contributed by atoms with van der Waals surface area (Å²) in [7, 11) is 3.38. The van der Waals surface area contributed by atoms with E-state index >= 15 is 0 Å². The zero-order valence-corrected chi connectivity index (χ0v) is 37.3. The number of rotatable bonds is 22. The molecule has 59 heavy (non-hydrogen) atoms. The molecular weight excluding hydrogens is 783 g/mol. The molecule has 6 amide bonds. The normalized spacial score (nSPS) is 19.4. The fraction of sp³-hybridized carbons (Fsp3) is 0.756. The van der Waals surface area contributed by atoms with Crippen LogP contribution in [0.5, 0.6) is 0 Å². The Hall–Kier alpha value is -4.03. The molecule has 1 heterocycles. The van der Waals surface area contributed by atoms with E-state index in [0.717, 1.165) is 42.3 Å². The Kier molecular flexibility index (Phi) is 19.5. The van der Waals surface area contributed by atoms with Gasteiger partial charge in [0.25, 0.3) is 0 Å². The Morgan fingerprint density at radius 3 is 2.10 bits per heavy atom. The monoisotopic (exact) mass is 851 g/mol. The molecule has 1 saturated heterocycles. The molecule has 2 unspecified atom stereocenters. The van der Waals surface area contributed by atoms with E-state index in [2.05, 4.69) is 35.1 Å². The number of carboxylic acids is 2. The van der Waals surface area contributed by atoms with Crippen LogP contribution in [0.25, 0.3) is 0 Å². The van der Waals surface area contributed by atoms with Crippen molar-refractivity contribution in [3.05, 3.63) is 11.6 Å². The van der Waals surface area contributed by atoms with E-state index in [1.807, 2.05) is 34.6 Å². The van der Waals surface area contributed by atoms with Crippen LogP contribution >= 0.6 is 11.8 Å². The molecule has 0 aromatic rings. The average molecular weight is 852 g/mol. The molecule has 1 aliphatic carbocycles. The Morgan fingerprint density at radius 1 is 0.966 bits per heavy atom. The van der Waals surface area contributed by atoms with Crippen LogP contribution in [0.3, 0.4) is 0 Å². The van der Waals surface area contributed by atoms with E-state index in [-0.39, 0.29) is 66.8 Å². The van der Waals surface area contributed by atoms with Gasteiger partial charge in [0.2, 0.25) is 35.4 Å². The van der Waals surface area contributed by atoms with Crippen molar-refractivity contribution in [2.24, 2.45) is 28.4 Å². The van der Waals surface area contributed by atoms with Gasteiger partial charge in [-0.25, -0.2) is 4.79 Å². The molecule has 0 aromatic heterocycles. The highest BCUT2D eigenvalue weighted by Crippen LogP contribution is 2.41. The number of likely N-dealkylation sites (tertiary alicyclic amines) is 1. The molecule has 1 saturated carbocycles. The number of hydrogen-bond acceptors (Lipinski definition) is 11. The van der Waals surface area contributed by atoms with Gasteiger partial charge in [-0.15, -0.1) is 11.8 Å². The molecule has 0 spiro atoms. The molecule has 0 bridgehead atoms. The molecule has 1 aliphatic heterocycles. The van der Waals surface area contributed by atoms with Crippen molar-refractivity contribution < 1.29 is 48.6 Å². The molecule has 0 radical (unpaired) electrons. The standard InChI is InChI=1S/C41H69N7O10S/c1-23(2)28(47(10)37(54)33(40(4,5)6)46-35(52)32(43-9)41(7,8)25-14-12-11-13-15-25)20-24(3)34(51)45-27(39(57)58)16-17-30(49)44-18-19-48-31(50)21-29(36(48)53)59-22-26(42)38(55)56/h20,23,25-29,32-33,43H,11-19,21-22,42H2,1-10H3,(H,44,49)(H,45,51)(H,46,52)(H,55,56)(H,57,58)/b24-20+/t26-,27+,28+,29?,32+,33?/m0/s1. The average Bonchev–Trinajstić information content (AvgIpc) is 3.43. The summed E-state index contributed by atoms with van der Waals surface area (Å²) in [5.41, 5.74) is 4.62. The number of thioether (sulfide) groups is 1. The number of nitrogens with two attached hydrogens (primary N) is 1. The number of carboxylic acid groups (broad SMARTS) is 2. The third-order valence-electron chi connectivity index (χ3n) is 11.5. The highest BCUT2D eigenvalue weighted by molar-refractivity contribution is 8.00. The summed E-state index contributed by atoms with van der Waals surface area (Å²) in [5.74, 6) is -5.28. The molecule has 6 atom stereocenters. The summed E-state index contributed by atoms with van der Waals surface area (Å²) in [4.78, 5) is 105. The van der Waals surface area contributed by atoms with Crippen LogP contribution in [0.1, 0.15) is 107 Å². The van der Waals surface area contributed by atoms with E-state index < -0.39 is 76.4 Å². The first-order valence-corrected chi connectivity index (χ1v) is 21.6. The van der Waals surface area contributed by atoms with Crippen LogP contribution in [-0.4, -0.2) is 136 Å². The molecule has 334 valence electrons. The summed E-state index contributed by atoms with van der Waals surface area (Å²) in [6.45, 7) is 14.9. The second-order valence-corrected chi connectivity index (χ2v) is 19.1. The van der Waals surface area contributed by atoms with Crippen molar-refractivity contribution in [3.8, 4) is 0 Å². The van der Waals surface area contributed by atoms with Crippen molar-refractivity contribution in [2.45, 2.75) is 142 Å². The van der Waals surface area contributed by atoms with E-state index in [1.165, 1.54) is 18.2 Å². The molecule has 0 aromatic carbocycles. The number of likely N-dealkylation sites (N-methyl/N-ethyl adjacent to an activating group) is 2. The number of carbonyl (C=O) groups excluding carboxylic acids is 6. The van der Waals surface area contributed by atoms with Crippen LogP contribution in [0.4, 0.5) is 0 Å². The summed E-state index contributed by atoms with van der Waals surface area (Å²) in [5, 5.41) is 29.3. The summed E-state index contributed by atoms with van der Waals surface area (Å²) in [6.07, 6.45) is 6.48. The first-order valence-electron chi connectivity index (χ1n) is 20.5. The van der Waals surface area contributed by atoms with E-state index in [9.17, 15) is 43.5 Å².